The molecule has 2 unspecified atom stereocenters. The number of aliphatic hydroxyl groups excluding tert-OH is 1. The van der Waals surface area contributed by atoms with Crippen LogP contribution in [-0.2, 0) is 0 Å². The highest BCUT2D eigenvalue weighted by Gasteiger charge is 2.40. The van der Waals surface area contributed by atoms with Crippen LogP contribution in [0.15, 0.2) is 12.3 Å². The minimum Gasteiger partial charge on any atom is -0.393 e. The van der Waals surface area contributed by atoms with Crippen LogP contribution in [0.2, 0.25) is 0 Å². The van der Waals surface area contributed by atoms with Crippen molar-refractivity contribution in [3.63, 3.8) is 0 Å². The fourth-order valence-electron chi connectivity index (χ4n) is 3.34. The van der Waals surface area contributed by atoms with Gasteiger partial charge in [-0.05, 0) is 38.2 Å². The van der Waals surface area contributed by atoms with Crippen molar-refractivity contribution in [1.82, 2.24) is 9.97 Å². The highest BCUT2D eigenvalue weighted by atomic mass is 16.3. The summed E-state index contributed by atoms with van der Waals surface area (Å²) in [6, 6.07) is 2.88. The van der Waals surface area contributed by atoms with Crippen LogP contribution in [-0.4, -0.2) is 39.8 Å². The van der Waals surface area contributed by atoms with E-state index in [1.165, 1.54) is 12.8 Å². The number of rotatable bonds is 4. The lowest BCUT2D eigenvalue weighted by Gasteiger charge is -2.38. The van der Waals surface area contributed by atoms with Crippen LogP contribution in [0.3, 0.4) is 0 Å². The Kier molecular flexibility index (Phi) is 3.55. The Labute approximate surface area is 114 Å². The third-order valence-electron chi connectivity index (χ3n) is 4.15. The van der Waals surface area contributed by atoms with E-state index in [1.807, 2.05) is 12.3 Å². The van der Waals surface area contributed by atoms with Crippen molar-refractivity contribution in [2.24, 2.45) is 0 Å². The Balaban J connectivity index is 1.79. The van der Waals surface area contributed by atoms with Gasteiger partial charge in [0.05, 0.1) is 6.10 Å². The predicted molar refractivity (Wildman–Crippen MR) is 75.3 cm³/mol. The largest absolute Gasteiger partial charge is 0.393 e. The minimum atomic E-state index is -0.131. The van der Waals surface area contributed by atoms with Crippen LogP contribution in [0, 0.1) is 0 Å². The molecule has 2 N–H and O–H groups in total. The third kappa shape index (κ3) is 2.52. The number of anilines is 2. The molecule has 3 rings (SSSR count). The SMILES string of the molecule is CCCNc1nccc(N2C3CCC2CC(O)C3)n1. The van der Waals surface area contributed by atoms with Crippen LogP contribution in [0.25, 0.3) is 0 Å². The molecule has 3 heterocycles. The van der Waals surface area contributed by atoms with E-state index in [4.69, 9.17) is 0 Å². The second-order valence-electron chi connectivity index (χ2n) is 5.58. The van der Waals surface area contributed by atoms with Gasteiger partial charge in [0, 0.05) is 24.8 Å². The summed E-state index contributed by atoms with van der Waals surface area (Å²) in [6.07, 6.45) is 6.84. The Hall–Kier alpha value is -1.36. The fourth-order valence-corrected chi connectivity index (χ4v) is 3.34. The molecule has 0 aromatic carbocycles. The van der Waals surface area contributed by atoms with Gasteiger partial charge < -0.3 is 15.3 Å². The fraction of sp³-hybridized carbons (Fsp3) is 0.714. The average Bonchev–Trinajstić information content (AvgIpc) is 2.69. The van der Waals surface area contributed by atoms with E-state index in [2.05, 4.69) is 27.1 Å². The van der Waals surface area contributed by atoms with Gasteiger partial charge in [-0.3, -0.25) is 0 Å². The summed E-state index contributed by atoms with van der Waals surface area (Å²) in [7, 11) is 0. The summed E-state index contributed by atoms with van der Waals surface area (Å²) in [6.45, 7) is 3.03. The van der Waals surface area contributed by atoms with Crippen molar-refractivity contribution < 1.29 is 5.11 Å². The summed E-state index contributed by atoms with van der Waals surface area (Å²) >= 11 is 0. The lowest BCUT2D eigenvalue weighted by Crippen LogP contribution is -2.45. The molecular weight excluding hydrogens is 240 g/mol. The van der Waals surface area contributed by atoms with Crippen LogP contribution < -0.4 is 10.2 Å². The molecule has 0 spiro atoms. The molecule has 0 saturated carbocycles. The number of nitrogens with one attached hydrogen (secondary N) is 1. The number of nitrogens with zero attached hydrogens (tertiary/aromatic N) is 3. The first-order valence-electron chi connectivity index (χ1n) is 7.31. The maximum atomic E-state index is 9.85. The monoisotopic (exact) mass is 262 g/mol. The Bertz CT molecular complexity index is 425. The molecular formula is C14H22N4O. The predicted octanol–water partition coefficient (Wildman–Crippen LogP) is 1.79. The van der Waals surface area contributed by atoms with Gasteiger partial charge in [-0.1, -0.05) is 6.92 Å². The molecule has 2 aliphatic heterocycles. The highest BCUT2D eigenvalue weighted by Crippen LogP contribution is 2.38. The zero-order chi connectivity index (χ0) is 13.2. The zero-order valence-corrected chi connectivity index (χ0v) is 11.4. The van der Waals surface area contributed by atoms with Crippen molar-refractivity contribution in [2.75, 3.05) is 16.8 Å². The van der Waals surface area contributed by atoms with E-state index in [0.717, 1.165) is 31.6 Å². The first-order valence-corrected chi connectivity index (χ1v) is 7.31. The van der Waals surface area contributed by atoms with Crippen molar-refractivity contribution in [3.8, 4) is 0 Å². The molecule has 0 radical (unpaired) electrons. The van der Waals surface area contributed by atoms with E-state index in [0.29, 0.717) is 18.0 Å². The molecule has 5 heteroatoms. The van der Waals surface area contributed by atoms with Crippen molar-refractivity contribution >= 4 is 11.8 Å². The van der Waals surface area contributed by atoms with Gasteiger partial charge in [0.1, 0.15) is 5.82 Å². The Morgan fingerprint density at radius 1 is 1.37 bits per heavy atom. The van der Waals surface area contributed by atoms with E-state index >= 15 is 0 Å². The molecule has 0 aliphatic carbocycles. The van der Waals surface area contributed by atoms with Gasteiger partial charge >= 0.3 is 0 Å². The molecule has 2 fully saturated rings. The minimum absolute atomic E-state index is 0.131. The number of hydrogen-bond acceptors (Lipinski definition) is 5. The van der Waals surface area contributed by atoms with Crippen molar-refractivity contribution in [1.29, 1.82) is 0 Å². The summed E-state index contributed by atoms with van der Waals surface area (Å²) in [5, 5.41) is 13.1. The lowest BCUT2D eigenvalue weighted by molar-refractivity contribution is 0.126. The number of piperidine rings is 1. The maximum Gasteiger partial charge on any atom is 0.224 e. The molecule has 2 aliphatic rings. The summed E-state index contributed by atoms with van der Waals surface area (Å²) in [5.41, 5.74) is 0. The topological polar surface area (TPSA) is 61.3 Å². The van der Waals surface area contributed by atoms with Gasteiger partial charge in [0.15, 0.2) is 0 Å². The first-order chi connectivity index (χ1) is 9.28. The van der Waals surface area contributed by atoms with Gasteiger partial charge in [-0.2, -0.15) is 4.98 Å². The first kappa shape index (κ1) is 12.7. The average molecular weight is 262 g/mol. The number of aromatic nitrogens is 2. The third-order valence-corrected chi connectivity index (χ3v) is 4.15. The number of fused-ring (bicyclic) bond motifs is 2. The van der Waals surface area contributed by atoms with E-state index in [9.17, 15) is 5.11 Å². The smallest absolute Gasteiger partial charge is 0.224 e. The van der Waals surface area contributed by atoms with Gasteiger partial charge in [-0.15, -0.1) is 0 Å². The molecule has 19 heavy (non-hydrogen) atoms. The normalized spacial score (nSPS) is 29.6. The molecule has 2 saturated heterocycles. The van der Waals surface area contributed by atoms with Gasteiger partial charge in [0.25, 0.3) is 0 Å². The Morgan fingerprint density at radius 2 is 2.11 bits per heavy atom. The summed E-state index contributed by atoms with van der Waals surface area (Å²) in [4.78, 5) is 11.3. The number of aliphatic hydroxyl groups is 1. The summed E-state index contributed by atoms with van der Waals surface area (Å²) < 4.78 is 0. The molecule has 0 amide bonds. The molecule has 104 valence electrons. The molecule has 5 nitrogen and oxygen atoms in total. The van der Waals surface area contributed by atoms with E-state index < -0.39 is 0 Å². The maximum absolute atomic E-state index is 9.85. The second-order valence-corrected chi connectivity index (χ2v) is 5.58. The van der Waals surface area contributed by atoms with Crippen LogP contribution in [0.5, 0.6) is 0 Å². The van der Waals surface area contributed by atoms with Gasteiger partial charge in [-0.25, -0.2) is 4.98 Å². The second kappa shape index (κ2) is 5.33. The Morgan fingerprint density at radius 3 is 2.79 bits per heavy atom. The van der Waals surface area contributed by atoms with Gasteiger partial charge in [0.2, 0.25) is 5.95 Å². The van der Waals surface area contributed by atoms with E-state index in [1.54, 1.807) is 0 Å². The highest BCUT2D eigenvalue weighted by molar-refractivity contribution is 5.46. The van der Waals surface area contributed by atoms with Crippen molar-refractivity contribution in [3.05, 3.63) is 12.3 Å². The van der Waals surface area contributed by atoms with Crippen LogP contribution >= 0.6 is 0 Å². The molecule has 1 aromatic heterocycles. The van der Waals surface area contributed by atoms with Crippen molar-refractivity contribution in [2.45, 2.75) is 57.2 Å². The van der Waals surface area contributed by atoms with Crippen LogP contribution in [0.1, 0.15) is 39.0 Å². The zero-order valence-electron chi connectivity index (χ0n) is 11.4. The lowest BCUT2D eigenvalue weighted by atomic mass is 10.00. The molecule has 2 bridgehead atoms. The molecule has 2 atom stereocenters. The molecule has 1 aromatic rings. The van der Waals surface area contributed by atoms with Crippen LogP contribution in [0.4, 0.5) is 11.8 Å². The quantitative estimate of drug-likeness (QED) is 0.866. The summed E-state index contributed by atoms with van der Waals surface area (Å²) in [5.74, 6) is 1.72. The number of hydrogen-bond donors (Lipinski definition) is 2. The van der Waals surface area contributed by atoms with E-state index in [-0.39, 0.29) is 6.10 Å². The standard InChI is InChI=1S/C14H22N4O/c1-2-6-15-14-16-7-5-13(17-14)18-10-3-4-11(18)9-12(19)8-10/h5,7,10-12,19H,2-4,6,8-9H2,1H3,(H,15,16,17).